The Morgan fingerprint density at radius 1 is 1.44 bits per heavy atom. The van der Waals surface area contributed by atoms with Crippen LogP contribution in [0.15, 0.2) is 18.2 Å². The van der Waals surface area contributed by atoms with Crippen LogP contribution in [0.2, 0.25) is 5.02 Å². The number of hydrogen-bond acceptors (Lipinski definition) is 4. The van der Waals surface area contributed by atoms with E-state index in [1.54, 1.807) is 19.1 Å². The predicted octanol–water partition coefficient (Wildman–Crippen LogP) is 3.86. The van der Waals surface area contributed by atoms with Crippen LogP contribution < -0.4 is 5.32 Å². The summed E-state index contributed by atoms with van der Waals surface area (Å²) in [6.07, 6.45) is 0. The zero-order chi connectivity index (χ0) is 13.3. The molecule has 6 heteroatoms. The molecule has 0 atom stereocenters. The van der Waals surface area contributed by atoms with Gasteiger partial charge in [0.25, 0.3) is 0 Å². The molecule has 0 radical (unpaired) electrons. The number of hydrogen-bond donors (Lipinski definition) is 2. The number of carboxylic acid groups (broad SMARTS) is 1. The van der Waals surface area contributed by atoms with Crippen LogP contribution in [0.3, 0.4) is 0 Å². The molecule has 94 valence electrons. The molecular formula is C12H11ClN2O2S. The average Bonchev–Trinajstić information content (AvgIpc) is 2.65. The summed E-state index contributed by atoms with van der Waals surface area (Å²) in [6, 6.07) is 5.48. The van der Waals surface area contributed by atoms with Gasteiger partial charge in [0.1, 0.15) is 4.88 Å². The Bertz CT molecular complexity index is 610. The van der Waals surface area contributed by atoms with Gasteiger partial charge in [-0.2, -0.15) is 0 Å². The van der Waals surface area contributed by atoms with E-state index >= 15 is 0 Å². The normalized spacial score (nSPS) is 10.4. The van der Waals surface area contributed by atoms with Crippen molar-refractivity contribution in [2.75, 3.05) is 5.32 Å². The van der Waals surface area contributed by atoms with Gasteiger partial charge in [0.15, 0.2) is 5.13 Å². The largest absolute Gasteiger partial charge is 0.477 e. The van der Waals surface area contributed by atoms with E-state index in [1.807, 2.05) is 13.0 Å². The van der Waals surface area contributed by atoms with E-state index in [1.165, 1.54) is 0 Å². The van der Waals surface area contributed by atoms with Crippen LogP contribution in [0.1, 0.15) is 20.9 Å². The Balaban J connectivity index is 2.31. The van der Waals surface area contributed by atoms with Gasteiger partial charge >= 0.3 is 5.97 Å². The highest BCUT2D eigenvalue weighted by Gasteiger charge is 2.14. The summed E-state index contributed by atoms with van der Waals surface area (Å²) in [5.41, 5.74) is 2.35. The van der Waals surface area contributed by atoms with Crippen LogP contribution in [-0.4, -0.2) is 16.1 Å². The molecule has 1 aromatic heterocycles. The smallest absolute Gasteiger partial charge is 0.347 e. The van der Waals surface area contributed by atoms with Crippen molar-refractivity contribution in [3.8, 4) is 0 Å². The first-order chi connectivity index (χ1) is 8.47. The lowest BCUT2D eigenvalue weighted by molar-refractivity contribution is 0.0701. The summed E-state index contributed by atoms with van der Waals surface area (Å²) in [5, 5.41) is 13.2. The molecule has 1 heterocycles. The minimum absolute atomic E-state index is 0.247. The second kappa shape index (κ2) is 4.96. The molecule has 2 aromatic rings. The van der Waals surface area contributed by atoms with Crippen molar-refractivity contribution >= 4 is 39.7 Å². The number of aromatic nitrogens is 1. The second-order valence-corrected chi connectivity index (χ2v) is 5.26. The lowest BCUT2D eigenvalue weighted by Gasteiger charge is -2.06. The standard InChI is InChI=1S/C12H11ClN2O2S/c1-6-3-4-8(13)5-9(6)15-12-14-7(2)10(18-12)11(16)17/h3-5H,1-2H3,(H,14,15)(H,16,17). The van der Waals surface area contributed by atoms with Gasteiger partial charge in [-0.05, 0) is 31.5 Å². The number of nitrogens with one attached hydrogen (secondary N) is 1. The topological polar surface area (TPSA) is 62.2 Å². The summed E-state index contributed by atoms with van der Waals surface area (Å²) < 4.78 is 0. The van der Waals surface area contributed by atoms with Crippen molar-refractivity contribution in [2.45, 2.75) is 13.8 Å². The third kappa shape index (κ3) is 2.63. The lowest BCUT2D eigenvalue weighted by atomic mass is 10.2. The summed E-state index contributed by atoms with van der Waals surface area (Å²) in [6.45, 7) is 3.62. The van der Waals surface area contributed by atoms with Crippen molar-refractivity contribution in [1.82, 2.24) is 4.98 Å². The highest BCUT2D eigenvalue weighted by molar-refractivity contribution is 7.17. The monoisotopic (exact) mass is 282 g/mol. The molecule has 0 aliphatic heterocycles. The maximum atomic E-state index is 10.9. The zero-order valence-electron chi connectivity index (χ0n) is 9.82. The first kappa shape index (κ1) is 12.9. The number of benzene rings is 1. The third-order valence-electron chi connectivity index (χ3n) is 2.43. The molecule has 0 saturated carbocycles. The van der Waals surface area contributed by atoms with E-state index < -0.39 is 5.97 Å². The molecule has 0 aliphatic carbocycles. The van der Waals surface area contributed by atoms with Gasteiger partial charge in [-0.15, -0.1) is 0 Å². The van der Waals surface area contributed by atoms with Crippen LogP contribution in [0.5, 0.6) is 0 Å². The number of nitrogens with zero attached hydrogens (tertiary/aromatic N) is 1. The van der Waals surface area contributed by atoms with E-state index in [4.69, 9.17) is 16.7 Å². The van der Waals surface area contributed by atoms with Gasteiger partial charge in [-0.3, -0.25) is 0 Å². The number of carbonyl (C=O) groups is 1. The number of thiazole rings is 1. The zero-order valence-corrected chi connectivity index (χ0v) is 11.4. The molecule has 0 saturated heterocycles. The maximum absolute atomic E-state index is 10.9. The van der Waals surface area contributed by atoms with Crippen molar-refractivity contribution < 1.29 is 9.90 Å². The molecule has 0 spiro atoms. The first-order valence-electron chi connectivity index (χ1n) is 5.21. The fourth-order valence-corrected chi connectivity index (χ4v) is 2.48. The number of anilines is 2. The van der Waals surface area contributed by atoms with E-state index in [9.17, 15) is 4.79 Å². The van der Waals surface area contributed by atoms with Crippen LogP contribution in [0.25, 0.3) is 0 Å². The summed E-state index contributed by atoms with van der Waals surface area (Å²) >= 11 is 7.03. The van der Waals surface area contributed by atoms with Gasteiger partial charge < -0.3 is 10.4 Å². The Labute approximate surface area is 113 Å². The minimum Gasteiger partial charge on any atom is -0.477 e. The van der Waals surface area contributed by atoms with Gasteiger partial charge in [0, 0.05) is 10.7 Å². The van der Waals surface area contributed by atoms with Gasteiger partial charge in [0.05, 0.1) is 5.69 Å². The van der Waals surface area contributed by atoms with Crippen LogP contribution in [-0.2, 0) is 0 Å². The number of aromatic carboxylic acids is 1. The molecule has 0 bridgehead atoms. The molecule has 1 aromatic carbocycles. The van der Waals surface area contributed by atoms with Crippen molar-refractivity contribution in [1.29, 1.82) is 0 Å². The second-order valence-electron chi connectivity index (χ2n) is 3.82. The Kier molecular flexibility index (Phi) is 3.54. The SMILES string of the molecule is Cc1ccc(Cl)cc1Nc1nc(C)c(C(=O)O)s1. The number of halogens is 1. The molecule has 4 nitrogen and oxygen atoms in total. The maximum Gasteiger partial charge on any atom is 0.347 e. The molecule has 0 fully saturated rings. The van der Waals surface area contributed by atoms with Crippen molar-refractivity contribution in [3.05, 3.63) is 39.4 Å². The highest BCUT2D eigenvalue weighted by Crippen LogP contribution is 2.28. The molecule has 0 amide bonds. The number of rotatable bonds is 3. The summed E-state index contributed by atoms with van der Waals surface area (Å²) in [5.74, 6) is -0.958. The summed E-state index contributed by atoms with van der Waals surface area (Å²) in [4.78, 5) is 15.4. The van der Waals surface area contributed by atoms with Gasteiger partial charge in [0.2, 0.25) is 0 Å². The third-order valence-corrected chi connectivity index (χ3v) is 3.73. The van der Waals surface area contributed by atoms with E-state index in [-0.39, 0.29) is 4.88 Å². The molecule has 0 unspecified atom stereocenters. The Morgan fingerprint density at radius 2 is 2.17 bits per heavy atom. The lowest BCUT2D eigenvalue weighted by Crippen LogP contribution is -1.94. The van der Waals surface area contributed by atoms with Crippen molar-refractivity contribution in [3.63, 3.8) is 0 Å². The Morgan fingerprint density at radius 3 is 2.78 bits per heavy atom. The molecule has 0 aliphatic rings. The Hall–Kier alpha value is -1.59. The molecule has 2 N–H and O–H groups in total. The fraction of sp³-hybridized carbons (Fsp3) is 0.167. The van der Waals surface area contributed by atoms with E-state index in [0.717, 1.165) is 22.6 Å². The first-order valence-corrected chi connectivity index (χ1v) is 6.40. The molecule has 18 heavy (non-hydrogen) atoms. The quantitative estimate of drug-likeness (QED) is 0.897. The van der Waals surface area contributed by atoms with Gasteiger partial charge in [-0.25, -0.2) is 9.78 Å². The average molecular weight is 283 g/mol. The highest BCUT2D eigenvalue weighted by atomic mass is 35.5. The van der Waals surface area contributed by atoms with Crippen LogP contribution in [0.4, 0.5) is 10.8 Å². The summed E-state index contributed by atoms with van der Waals surface area (Å²) in [7, 11) is 0. The van der Waals surface area contributed by atoms with Crippen LogP contribution in [0, 0.1) is 13.8 Å². The minimum atomic E-state index is -0.958. The fourth-order valence-electron chi connectivity index (χ4n) is 1.49. The van der Waals surface area contributed by atoms with Gasteiger partial charge in [-0.1, -0.05) is 29.0 Å². The number of aryl methyl sites for hydroxylation is 2. The van der Waals surface area contributed by atoms with E-state index in [0.29, 0.717) is 15.8 Å². The van der Waals surface area contributed by atoms with Crippen LogP contribution >= 0.6 is 22.9 Å². The van der Waals surface area contributed by atoms with Crippen molar-refractivity contribution in [2.24, 2.45) is 0 Å². The predicted molar refractivity (Wildman–Crippen MR) is 73.3 cm³/mol. The molecule has 2 rings (SSSR count). The number of carboxylic acids is 1. The van der Waals surface area contributed by atoms with E-state index in [2.05, 4.69) is 10.3 Å². The molecular weight excluding hydrogens is 272 g/mol.